The van der Waals surface area contributed by atoms with Crippen LogP contribution in [0.25, 0.3) is 12.2 Å². The lowest BCUT2D eigenvalue weighted by molar-refractivity contribution is -0.116. The van der Waals surface area contributed by atoms with Crippen LogP contribution < -0.4 is 4.90 Å². The van der Waals surface area contributed by atoms with Crippen LogP contribution in [-0.2, 0) is 11.3 Å². The van der Waals surface area contributed by atoms with E-state index in [2.05, 4.69) is 23.2 Å². The highest BCUT2D eigenvalue weighted by molar-refractivity contribution is 5.94. The summed E-state index contributed by atoms with van der Waals surface area (Å²) in [6, 6.07) is 11.9. The number of hydrogen-bond acceptors (Lipinski definition) is 2. The van der Waals surface area contributed by atoms with Gasteiger partial charge >= 0.3 is 0 Å². The Balaban J connectivity index is 2.19. The number of benzene rings is 1. The van der Waals surface area contributed by atoms with Crippen LogP contribution in [0.4, 0.5) is 5.69 Å². The molecule has 2 heterocycles. The Morgan fingerprint density at radius 3 is 2.84 bits per heavy atom. The maximum atomic E-state index is 11.9. The fourth-order valence-electron chi connectivity index (χ4n) is 2.31. The zero-order valence-corrected chi connectivity index (χ0v) is 10.7. The van der Waals surface area contributed by atoms with Crippen molar-refractivity contribution in [2.45, 2.75) is 13.5 Å². The summed E-state index contributed by atoms with van der Waals surface area (Å²) in [5.41, 5.74) is 3.96. The lowest BCUT2D eigenvalue weighted by Gasteiger charge is -2.25. The van der Waals surface area contributed by atoms with E-state index in [9.17, 15) is 4.79 Å². The van der Waals surface area contributed by atoms with E-state index in [-0.39, 0.29) is 5.91 Å². The molecule has 3 rings (SSSR count). The van der Waals surface area contributed by atoms with Crippen LogP contribution in [0.3, 0.4) is 0 Å². The minimum Gasteiger partial charge on any atom is -0.306 e. The van der Waals surface area contributed by atoms with Crippen molar-refractivity contribution in [1.82, 2.24) is 4.98 Å². The maximum Gasteiger partial charge on any atom is 0.224 e. The second-order valence-electron chi connectivity index (χ2n) is 4.55. The van der Waals surface area contributed by atoms with Gasteiger partial charge in [0.15, 0.2) is 0 Å². The highest BCUT2D eigenvalue weighted by Gasteiger charge is 2.18. The number of carbonyl (C=O) groups is 1. The standard InChI is InChI=1S/C16H14N2O/c1-12(19)18-11-14-6-3-2-5-13(14)8-9-15-16(18)7-4-10-17-15/h2-10H,11H2,1H3/b9-8-. The number of carbonyl (C=O) groups excluding carboxylic acids is 1. The highest BCUT2D eigenvalue weighted by atomic mass is 16.2. The smallest absolute Gasteiger partial charge is 0.224 e. The summed E-state index contributed by atoms with van der Waals surface area (Å²) in [5.74, 6) is 0.0272. The molecule has 3 nitrogen and oxygen atoms in total. The van der Waals surface area contributed by atoms with Crippen molar-refractivity contribution in [2.75, 3.05) is 4.90 Å². The zero-order chi connectivity index (χ0) is 13.2. The minimum absolute atomic E-state index is 0.0272. The lowest BCUT2D eigenvalue weighted by atomic mass is 10.0. The summed E-state index contributed by atoms with van der Waals surface area (Å²) in [6.07, 6.45) is 5.76. The molecule has 0 bridgehead atoms. The number of pyridine rings is 1. The largest absolute Gasteiger partial charge is 0.306 e. The summed E-state index contributed by atoms with van der Waals surface area (Å²) in [5, 5.41) is 0. The van der Waals surface area contributed by atoms with Crippen LogP contribution in [0.1, 0.15) is 23.7 Å². The Morgan fingerprint density at radius 2 is 2.00 bits per heavy atom. The first-order chi connectivity index (χ1) is 9.25. The number of hydrogen-bond donors (Lipinski definition) is 0. The average molecular weight is 250 g/mol. The normalized spacial score (nSPS) is 14.9. The Labute approximate surface area is 112 Å². The van der Waals surface area contributed by atoms with Crippen molar-refractivity contribution in [2.24, 2.45) is 0 Å². The van der Waals surface area contributed by atoms with Crippen molar-refractivity contribution in [3.63, 3.8) is 0 Å². The van der Waals surface area contributed by atoms with Gasteiger partial charge in [0.1, 0.15) is 0 Å². The summed E-state index contributed by atoms with van der Waals surface area (Å²) < 4.78 is 0. The second kappa shape index (κ2) is 4.69. The topological polar surface area (TPSA) is 33.2 Å². The fourth-order valence-corrected chi connectivity index (χ4v) is 2.31. The molecule has 2 aromatic rings. The third kappa shape index (κ3) is 2.15. The molecule has 1 aliphatic rings. The highest BCUT2D eigenvalue weighted by Crippen LogP contribution is 2.27. The predicted octanol–water partition coefficient (Wildman–Crippen LogP) is 3.12. The molecule has 0 fully saturated rings. The van der Waals surface area contributed by atoms with E-state index in [4.69, 9.17) is 0 Å². The average Bonchev–Trinajstić information content (AvgIpc) is 2.41. The first kappa shape index (κ1) is 11.7. The summed E-state index contributed by atoms with van der Waals surface area (Å²) in [7, 11) is 0. The summed E-state index contributed by atoms with van der Waals surface area (Å²) in [6.45, 7) is 2.17. The number of rotatable bonds is 0. The Kier molecular flexibility index (Phi) is 2.88. The van der Waals surface area contributed by atoms with Crippen LogP contribution in [0.2, 0.25) is 0 Å². The molecule has 0 radical (unpaired) electrons. The van der Waals surface area contributed by atoms with Crippen molar-refractivity contribution in [1.29, 1.82) is 0 Å². The monoisotopic (exact) mass is 250 g/mol. The van der Waals surface area contributed by atoms with Crippen LogP contribution in [-0.4, -0.2) is 10.9 Å². The molecule has 1 aliphatic heterocycles. The molecule has 0 spiro atoms. The SMILES string of the molecule is CC(=O)N1Cc2ccccc2/C=C\c2ncccc21. The number of nitrogens with zero attached hydrogens (tertiary/aromatic N) is 2. The number of fused-ring (bicyclic) bond motifs is 2. The van der Waals surface area contributed by atoms with E-state index in [0.29, 0.717) is 6.54 Å². The van der Waals surface area contributed by atoms with Crippen LogP contribution in [0.5, 0.6) is 0 Å². The number of aromatic nitrogens is 1. The third-order valence-electron chi connectivity index (χ3n) is 3.29. The van der Waals surface area contributed by atoms with Gasteiger partial charge in [-0.15, -0.1) is 0 Å². The Bertz CT molecular complexity index is 661. The molecule has 0 aliphatic carbocycles. The molecule has 19 heavy (non-hydrogen) atoms. The Hall–Kier alpha value is -2.42. The first-order valence-electron chi connectivity index (χ1n) is 6.25. The van der Waals surface area contributed by atoms with Gasteiger partial charge < -0.3 is 4.90 Å². The van der Waals surface area contributed by atoms with E-state index in [1.807, 2.05) is 30.3 Å². The molecule has 3 heteroatoms. The molecular formula is C16H14N2O. The van der Waals surface area contributed by atoms with E-state index in [0.717, 1.165) is 22.5 Å². The maximum absolute atomic E-state index is 11.9. The van der Waals surface area contributed by atoms with Gasteiger partial charge in [0.25, 0.3) is 0 Å². The van der Waals surface area contributed by atoms with Crippen LogP contribution in [0.15, 0.2) is 42.6 Å². The van der Waals surface area contributed by atoms with Crippen molar-refractivity contribution in [3.8, 4) is 0 Å². The van der Waals surface area contributed by atoms with Gasteiger partial charge in [0.2, 0.25) is 5.91 Å². The van der Waals surface area contributed by atoms with Gasteiger partial charge in [-0.25, -0.2) is 0 Å². The predicted molar refractivity (Wildman–Crippen MR) is 76.5 cm³/mol. The van der Waals surface area contributed by atoms with Gasteiger partial charge in [-0.3, -0.25) is 9.78 Å². The van der Waals surface area contributed by atoms with Gasteiger partial charge in [-0.1, -0.05) is 30.3 Å². The molecule has 1 aromatic carbocycles. The van der Waals surface area contributed by atoms with Crippen molar-refractivity contribution >= 4 is 23.7 Å². The van der Waals surface area contributed by atoms with E-state index in [1.54, 1.807) is 18.0 Å². The minimum atomic E-state index is 0.0272. The van der Waals surface area contributed by atoms with E-state index in [1.165, 1.54) is 0 Å². The van der Waals surface area contributed by atoms with Crippen molar-refractivity contribution in [3.05, 3.63) is 59.4 Å². The lowest BCUT2D eigenvalue weighted by Crippen LogP contribution is -2.29. The summed E-state index contributed by atoms with van der Waals surface area (Å²) >= 11 is 0. The van der Waals surface area contributed by atoms with Crippen LogP contribution >= 0.6 is 0 Å². The van der Waals surface area contributed by atoms with Crippen molar-refractivity contribution < 1.29 is 4.79 Å². The zero-order valence-electron chi connectivity index (χ0n) is 10.7. The second-order valence-corrected chi connectivity index (χ2v) is 4.55. The van der Waals surface area contributed by atoms with Crippen LogP contribution in [0, 0.1) is 0 Å². The molecule has 1 amide bonds. The molecule has 0 N–H and O–H groups in total. The number of amides is 1. The molecule has 0 saturated heterocycles. The van der Waals surface area contributed by atoms with Gasteiger partial charge in [0.05, 0.1) is 17.9 Å². The third-order valence-corrected chi connectivity index (χ3v) is 3.29. The molecule has 0 unspecified atom stereocenters. The number of anilines is 1. The van der Waals surface area contributed by atoms with Gasteiger partial charge in [-0.05, 0) is 29.3 Å². The molecule has 94 valence electrons. The van der Waals surface area contributed by atoms with E-state index >= 15 is 0 Å². The fraction of sp³-hybridized carbons (Fsp3) is 0.125. The van der Waals surface area contributed by atoms with E-state index < -0.39 is 0 Å². The molecule has 1 aromatic heterocycles. The van der Waals surface area contributed by atoms with Gasteiger partial charge in [-0.2, -0.15) is 0 Å². The quantitative estimate of drug-likeness (QED) is 0.719. The summed E-state index contributed by atoms with van der Waals surface area (Å²) in [4.78, 5) is 18.0. The first-order valence-corrected chi connectivity index (χ1v) is 6.25. The molecule has 0 atom stereocenters. The Morgan fingerprint density at radius 1 is 1.16 bits per heavy atom. The molecule has 0 saturated carbocycles. The molecular weight excluding hydrogens is 236 g/mol. The van der Waals surface area contributed by atoms with Gasteiger partial charge in [0, 0.05) is 13.1 Å².